The summed E-state index contributed by atoms with van der Waals surface area (Å²) in [5.74, 6) is 0.0263. The summed E-state index contributed by atoms with van der Waals surface area (Å²) >= 11 is 0. The van der Waals surface area contributed by atoms with Crippen molar-refractivity contribution in [1.82, 2.24) is 19.9 Å². The fourth-order valence-corrected chi connectivity index (χ4v) is 3.83. The molecule has 4 rings (SSSR count). The smallest absolute Gasteiger partial charge is 0.276 e. The standard InChI is InChI=1S/C22H24N4O2/c27-16-17-8-7-13-25(14-17)22(28)20-15-26(24-23-20)21(18-9-3-1-4-10-18)19-11-5-2-6-12-19/h1-6,9-12,15,17,21,27H,7-8,13-14,16H2/t17-/m1/s1. The summed E-state index contributed by atoms with van der Waals surface area (Å²) in [4.78, 5) is 14.7. The van der Waals surface area contributed by atoms with Crippen LogP contribution in [-0.2, 0) is 0 Å². The summed E-state index contributed by atoms with van der Waals surface area (Å²) in [5, 5.41) is 17.9. The van der Waals surface area contributed by atoms with Crippen LogP contribution in [0.5, 0.6) is 0 Å². The number of carbonyl (C=O) groups is 1. The zero-order valence-electron chi connectivity index (χ0n) is 15.7. The molecule has 0 spiro atoms. The summed E-state index contributed by atoms with van der Waals surface area (Å²) in [6, 6.07) is 20.0. The van der Waals surface area contributed by atoms with E-state index in [0.717, 1.165) is 24.0 Å². The molecular weight excluding hydrogens is 352 g/mol. The fourth-order valence-electron chi connectivity index (χ4n) is 3.83. The van der Waals surface area contributed by atoms with Gasteiger partial charge >= 0.3 is 0 Å². The van der Waals surface area contributed by atoms with Crippen LogP contribution in [0.4, 0.5) is 0 Å². The molecule has 2 aromatic carbocycles. The van der Waals surface area contributed by atoms with E-state index in [-0.39, 0.29) is 24.5 Å². The highest BCUT2D eigenvalue weighted by Gasteiger charge is 2.27. The van der Waals surface area contributed by atoms with Gasteiger partial charge in [-0.3, -0.25) is 4.79 Å². The van der Waals surface area contributed by atoms with E-state index in [1.54, 1.807) is 15.8 Å². The van der Waals surface area contributed by atoms with E-state index < -0.39 is 0 Å². The number of carbonyl (C=O) groups excluding carboxylic acids is 1. The first-order chi connectivity index (χ1) is 13.8. The molecule has 144 valence electrons. The number of likely N-dealkylation sites (tertiary alicyclic amines) is 1. The van der Waals surface area contributed by atoms with Crippen molar-refractivity contribution < 1.29 is 9.90 Å². The van der Waals surface area contributed by atoms with Gasteiger partial charge in [-0.05, 0) is 29.9 Å². The minimum atomic E-state index is -0.150. The maximum Gasteiger partial charge on any atom is 0.276 e. The Balaban J connectivity index is 1.63. The second-order valence-corrected chi connectivity index (χ2v) is 7.25. The van der Waals surface area contributed by atoms with Gasteiger partial charge < -0.3 is 10.0 Å². The second kappa shape index (κ2) is 8.35. The first-order valence-corrected chi connectivity index (χ1v) is 9.68. The van der Waals surface area contributed by atoms with E-state index in [4.69, 9.17) is 0 Å². The lowest BCUT2D eigenvalue weighted by Gasteiger charge is -2.31. The number of rotatable bonds is 5. The van der Waals surface area contributed by atoms with Crippen LogP contribution in [0.3, 0.4) is 0 Å². The molecule has 1 N–H and O–H groups in total. The Hall–Kier alpha value is -2.99. The Morgan fingerprint density at radius 3 is 2.32 bits per heavy atom. The van der Waals surface area contributed by atoms with Crippen molar-refractivity contribution in [2.75, 3.05) is 19.7 Å². The summed E-state index contributed by atoms with van der Waals surface area (Å²) in [5.41, 5.74) is 2.50. The van der Waals surface area contributed by atoms with Crippen molar-refractivity contribution in [3.8, 4) is 0 Å². The molecule has 1 atom stereocenters. The van der Waals surface area contributed by atoms with Crippen molar-refractivity contribution in [3.63, 3.8) is 0 Å². The van der Waals surface area contributed by atoms with Gasteiger partial charge in [0.05, 0.1) is 6.20 Å². The first-order valence-electron chi connectivity index (χ1n) is 9.68. The lowest BCUT2D eigenvalue weighted by atomic mass is 9.98. The molecule has 1 aromatic heterocycles. The normalized spacial score (nSPS) is 17.1. The van der Waals surface area contributed by atoms with Crippen LogP contribution in [-0.4, -0.2) is 50.6 Å². The lowest BCUT2D eigenvalue weighted by molar-refractivity contribution is 0.0615. The minimum Gasteiger partial charge on any atom is -0.396 e. The van der Waals surface area contributed by atoms with Crippen molar-refractivity contribution in [2.24, 2.45) is 5.92 Å². The molecule has 0 aliphatic carbocycles. The van der Waals surface area contributed by atoms with Gasteiger partial charge in [-0.2, -0.15) is 0 Å². The number of aliphatic hydroxyl groups excluding tert-OH is 1. The van der Waals surface area contributed by atoms with Crippen LogP contribution in [0.2, 0.25) is 0 Å². The number of aromatic nitrogens is 3. The number of benzene rings is 2. The molecule has 6 heteroatoms. The molecule has 28 heavy (non-hydrogen) atoms. The van der Waals surface area contributed by atoms with E-state index >= 15 is 0 Å². The maximum atomic E-state index is 12.9. The molecule has 1 aliphatic rings. The molecular formula is C22H24N4O2. The van der Waals surface area contributed by atoms with Crippen LogP contribution in [0.1, 0.15) is 40.5 Å². The molecule has 1 saturated heterocycles. The van der Waals surface area contributed by atoms with Crippen molar-refractivity contribution in [3.05, 3.63) is 83.7 Å². The van der Waals surface area contributed by atoms with Gasteiger partial charge in [0.2, 0.25) is 0 Å². The summed E-state index contributed by atoms with van der Waals surface area (Å²) in [7, 11) is 0. The Morgan fingerprint density at radius 2 is 1.71 bits per heavy atom. The van der Waals surface area contributed by atoms with E-state index in [2.05, 4.69) is 34.6 Å². The van der Waals surface area contributed by atoms with Crippen LogP contribution >= 0.6 is 0 Å². The van der Waals surface area contributed by atoms with Crippen LogP contribution in [0, 0.1) is 5.92 Å². The largest absolute Gasteiger partial charge is 0.396 e. The first kappa shape index (κ1) is 18.4. The van der Waals surface area contributed by atoms with Crippen LogP contribution in [0.15, 0.2) is 66.9 Å². The van der Waals surface area contributed by atoms with E-state index in [1.807, 2.05) is 36.4 Å². The molecule has 0 radical (unpaired) electrons. The fraction of sp³-hybridized carbons (Fsp3) is 0.318. The van der Waals surface area contributed by atoms with Gasteiger partial charge in [-0.25, -0.2) is 4.68 Å². The predicted octanol–water partition coefficient (Wildman–Crippen LogP) is 2.76. The van der Waals surface area contributed by atoms with Gasteiger partial charge in [-0.15, -0.1) is 5.10 Å². The van der Waals surface area contributed by atoms with Gasteiger partial charge in [0.1, 0.15) is 6.04 Å². The Bertz CT molecular complexity index is 871. The summed E-state index contributed by atoms with van der Waals surface area (Å²) in [6.45, 7) is 1.38. The molecule has 1 fully saturated rings. The minimum absolute atomic E-state index is 0.112. The van der Waals surface area contributed by atoms with E-state index in [1.165, 1.54) is 0 Å². The Labute approximate surface area is 164 Å². The highest BCUT2D eigenvalue weighted by atomic mass is 16.3. The highest BCUT2D eigenvalue weighted by Crippen LogP contribution is 2.26. The quantitative estimate of drug-likeness (QED) is 0.743. The number of hydrogen-bond acceptors (Lipinski definition) is 4. The molecule has 0 saturated carbocycles. The van der Waals surface area contributed by atoms with Crippen LogP contribution in [0.25, 0.3) is 0 Å². The zero-order valence-corrected chi connectivity index (χ0v) is 15.7. The average molecular weight is 376 g/mol. The number of nitrogens with zero attached hydrogens (tertiary/aromatic N) is 4. The molecule has 0 unspecified atom stereocenters. The third kappa shape index (κ3) is 3.82. The van der Waals surface area contributed by atoms with E-state index in [9.17, 15) is 9.90 Å². The van der Waals surface area contributed by atoms with Gasteiger partial charge in [0.15, 0.2) is 5.69 Å². The molecule has 1 amide bonds. The zero-order chi connectivity index (χ0) is 19.3. The van der Waals surface area contributed by atoms with Gasteiger partial charge in [-0.1, -0.05) is 65.9 Å². The second-order valence-electron chi connectivity index (χ2n) is 7.25. The Morgan fingerprint density at radius 1 is 1.07 bits per heavy atom. The molecule has 6 nitrogen and oxygen atoms in total. The molecule has 2 heterocycles. The maximum absolute atomic E-state index is 12.9. The summed E-state index contributed by atoms with van der Waals surface area (Å²) < 4.78 is 1.76. The Kier molecular flexibility index (Phi) is 5.48. The van der Waals surface area contributed by atoms with Gasteiger partial charge in [0, 0.05) is 19.7 Å². The third-order valence-electron chi connectivity index (χ3n) is 5.29. The molecule has 1 aliphatic heterocycles. The predicted molar refractivity (Wildman–Crippen MR) is 106 cm³/mol. The van der Waals surface area contributed by atoms with E-state index in [0.29, 0.717) is 18.8 Å². The van der Waals surface area contributed by atoms with Crippen molar-refractivity contribution in [1.29, 1.82) is 0 Å². The molecule has 3 aromatic rings. The number of aliphatic hydroxyl groups is 1. The van der Waals surface area contributed by atoms with Crippen molar-refractivity contribution in [2.45, 2.75) is 18.9 Å². The SMILES string of the molecule is O=C(c1cn(C(c2ccccc2)c2ccccc2)nn1)N1CCC[C@@H](CO)C1. The summed E-state index contributed by atoms with van der Waals surface area (Å²) in [6.07, 6.45) is 3.59. The third-order valence-corrected chi connectivity index (χ3v) is 5.29. The number of piperidine rings is 1. The lowest BCUT2D eigenvalue weighted by Crippen LogP contribution is -2.41. The van der Waals surface area contributed by atoms with Crippen LogP contribution < -0.4 is 0 Å². The topological polar surface area (TPSA) is 71.2 Å². The van der Waals surface area contributed by atoms with Crippen molar-refractivity contribution >= 4 is 5.91 Å². The van der Waals surface area contributed by atoms with Gasteiger partial charge in [0.25, 0.3) is 5.91 Å². The highest BCUT2D eigenvalue weighted by molar-refractivity contribution is 5.92. The number of amides is 1. The molecule has 0 bridgehead atoms. The average Bonchev–Trinajstić information content (AvgIpc) is 3.24. The monoisotopic (exact) mass is 376 g/mol. The number of hydrogen-bond donors (Lipinski definition) is 1.